The number of carbonyl (C=O) groups is 1. The monoisotopic (exact) mass is 400 g/mol. The highest BCUT2D eigenvalue weighted by atomic mass is 32.2. The van der Waals surface area contributed by atoms with Gasteiger partial charge in [0.25, 0.3) is 0 Å². The number of benzene rings is 2. The smallest absolute Gasteiger partial charge is 0.237 e. The molecule has 1 fully saturated rings. The van der Waals surface area contributed by atoms with Crippen LogP contribution < -0.4 is 0 Å². The van der Waals surface area contributed by atoms with Crippen LogP contribution in [0.1, 0.15) is 24.5 Å². The molecule has 28 heavy (non-hydrogen) atoms. The summed E-state index contributed by atoms with van der Waals surface area (Å²) in [5.74, 6) is 0.264. The Bertz CT molecular complexity index is 828. The molecule has 150 valence electrons. The quantitative estimate of drug-likeness (QED) is 0.684. The number of hydrogen-bond acceptors (Lipinski definition) is 4. The van der Waals surface area contributed by atoms with Crippen molar-refractivity contribution >= 4 is 15.7 Å². The third-order valence-electron chi connectivity index (χ3n) is 5.17. The third kappa shape index (κ3) is 5.66. The Balaban J connectivity index is 1.72. The zero-order chi connectivity index (χ0) is 20.0. The number of carbonyl (C=O) groups excluding carboxylic acids is 1. The van der Waals surface area contributed by atoms with Gasteiger partial charge in [0.2, 0.25) is 5.91 Å². The number of amides is 1. The van der Waals surface area contributed by atoms with E-state index in [0.29, 0.717) is 26.1 Å². The molecule has 1 heterocycles. The van der Waals surface area contributed by atoms with Crippen LogP contribution in [0.25, 0.3) is 0 Å². The fourth-order valence-electron chi connectivity index (χ4n) is 3.79. The van der Waals surface area contributed by atoms with Gasteiger partial charge in [-0.05, 0) is 24.5 Å². The molecule has 0 aliphatic carbocycles. The molecule has 5 nitrogen and oxygen atoms in total. The fourth-order valence-corrected chi connectivity index (χ4v) is 5.52. The zero-order valence-corrected chi connectivity index (χ0v) is 17.1. The molecule has 0 bridgehead atoms. The standard InChI is InChI=1S/C22H28N2O3S/c1-2-24(21-13-14-28(26,27)18-21)22(25)17-23(15-19-9-5-3-6-10-19)16-20-11-7-4-8-12-20/h3-12,21H,2,13-18H2,1H3. The van der Waals surface area contributed by atoms with E-state index < -0.39 is 9.84 Å². The minimum absolute atomic E-state index is 0.00328. The van der Waals surface area contributed by atoms with E-state index in [-0.39, 0.29) is 30.0 Å². The second-order valence-corrected chi connectivity index (χ2v) is 9.58. The molecular weight excluding hydrogens is 372 g/mol. The van der Waals surface area contributed by atoms with Crippen LogP contribution in [0.15, 0.2) is 60.7 Å². The van der Waals surface area contributed by atoms with Crippen molar-refractivity contribution < 1.29 is 13.2 Å². The first-order valence-electron chi connectivity index (χ1n) is 9.77. The summed E-state index contributed by atoms with van der Waals surface area (Å²) < 4.78 is 23.7. The van der Waals surface area contributed by atoms with Crippen LogP contribution in [0.5, 0.6) is 0 Å². The van der Waals surface area contributed by atoms with Crippen molar-refractivity contribution in [2.75, 3.05) is 24.6 Å². The van der Waals surface area contributed by atoms with Crippen molar-refractivity contribution in [3.63, 3.8) is 0 Å². The van der Waals surface area contributed by atoms with Gasteiger partial charge in [0.15, 0.2) is 9.84 Å². The van der Waals surface area contributed by atoms with Crippen molar-refractivity contribution in [2.45, 2.75) is 32.5 Å². The summed E-state index contributed by atoms with van der Waals surface area (Å²) in [7, 11) is -3.02. The Morgan fingerprint density at radius 1 is 0.964 bits per heavy atom. The van der Waals surface area contributed by atoms with Crippen molar-refractivity contribution in [1.29, 1.82) is 0 Å². The van der Waals surface area contributed by atoms with E-state index in [1.54, 1.807) is 4.90 Å². The lowest BCUT2D eigenvalue weighted by Gasteiger charge is -2.30. The summed E-state index contributed by atoms with van der Waals surface area (Å²) in [5, 5.41) is 0. The van der Waals surface area contributed by atoms with Crippen LogP contribution in [-0.4, -0.2) is 54.8 Å². The molecule has 0 radical (unpaired) electrons. The van der Waals surface area contributed by atoms with Gasteiger partial charge < -0.3 is 4.90 Å². The molecular formula is C22H28N2O3S. The lowest BCUT2D eigenvalue weighted by molar-refractivity contribution is -0.134. The summed E-state index contributed by atoms with van der Waals surface area (Å²) in [4.78, 5) is 16.9. The van der Waals surface area contributed by atoms with Crippen LogP contribution in [0.4, 0.5) is 0 Å². The molecule has 1 aliphatic heterocycles. The lowest BCUT2D eigenvalue weighted by atomic mass is 10.1. The average Bonchev–Trinajstić information content (AvgIpc) is 3.03. The second kappa shape index (κ2) is 9.34. The number of sulfone groups is 1. The summed E-state index contributed by atoms with van der Waals surface area (Å²) >= 11 is 0. The Kier molecular flexibility index (Phi) is 6.86. The molecule has 1 atom stereocenters. The Hall–Kier alpha value is -2.18. The highest BCUT2D eigenvalue weighted by Gasteiger charge is 2.34. The highest BCUT2D eigenvalue weighted by molar-refractivity contribution is 7.91. The molecule has 0 saturated carbocycles. The van der Waals surface area contributed by atoms with Crippen molar-refractivity contribution in [3.05, 3.63) is 71.8 Å². The number of likely N-dealkylation sites (N-methyl/N-ethyl adjacent to an activating group) is 1. The highest BCUT2D eigenvalue weighted by Crippen LogP contribution is 2.19. The Labute approximate surface area is 167 Å². The summed E-state index contributed by atoms with van der Waals surface area (Å²) in [5.41, 5.74) is 2.30. The number of nitrogens with zero attached hydrogens (tertiary/aromatic N) is 2. The largest absolute Gasteiger partial charge is 0.338 e. The lowest BCUT2D eigenvalue weighted by Crippen LogP contribution is -2.45. The minimum Gasteiger partial charge on any atom is -0.338 e. The third-order valence-corrected chi connectivity index (χ3v) is 6.92. The Morgan fingerprint density at radius 2 is 1.50 bits per heavy atom. The topological polar surface area (TPSA) is 57.7 Å². The van der Waals surface area contributed by atoms with Gasteiger partial charge in [-0.2, -0.15) is 0 Å². The van der Waals surface area contributed by atoms with Gasteiger partial charge in [-0.15, -0.1) is 0 Å². The van der Waals surface area contributed by atoms with Gasteiger partial charge >= 0.3 is 0 Å². The van der Waals surface area contributed by atoms with Crippen LogP contribution >= 0.6 is 0 Å². The average molecular weight is 401 g/mol. The maximum Gasteiger partial charge on any atom is 0.237 e. The van der Waals surface area contributed by atoms with Gasteiger partial charge in [-0.25, -0.2) is 8.42 Å². The van der Waals surface area contributed by atoms with Gasteiger partial charge in [0, 0.05) is 25.7 Å². The molecule has 2 aromatic carbocycles. The van der Waals surface area contributed by atoms with Crippen LogP contribution in [0, 0.1) is 0 Å². The summed E-state index contributed by atoms with van der Waals surface area (Å²) in [6.45, 7) is 4.06. The van der Waals surface area contributed by atoms with Gasteiger partial charge in [-0.1, -0.05) is 60.7 Å². The van der Waals surface area contributed by atoms with Crippen LogP contribution in [0.3, 0.4) is 0 Å². The van der Waals surface area contributed by atoms with Gasteiger partial charge in [0.1, 0.15) is 0 Å². The number of rotatable bonds is 8. The first-order valence-corrected chi connectivity index (χ1v) is 11.6. The van der Waals surface area contributed by atoms with E-state index >= 15 is 0 Å². The molecule has 1 saturated heterocycles. The fraction of sp³-hybridized carbons (Fsp3) is 0.409. The molecule has 1 aliphatic rings. The minimum atomic E-state index is -3.02. The molecule has 6 heteroatoms. The Morgan fingerprint density at radius 3 is 1.93 bits per heavy atom. The molecule has 2 aromatic rings. The number of hydrogen-bond donors (Lipinski definition) is 0. The van der Waals surface area contributed by atoms with E-state index in [1.165, 1.54) is 0 Å². The van der Waals surface area contributed by atoms with E-state index in [1.807, 2.05) is 43.3 Å². The molecule has 3 rings (SSSR count). The van der Waals surface area contributed by atoms with Gasteiger partial charge in [0.05, 0.1) is 18.1 Å². The van der Waals surface area contributed by atoms with E-state index in [0.717, 1.165) is 11.1 Å². The molecule has 0 N–H and O–H groups in total. The van der Waals surface area contributed by atoms with E-state index in [9.17, 15) is 13.2 Å². The normalized spacial score (nSPS) is 18.3. The van der Waals surface area contributed by atoms with E-state index in [4.69, 9.17) is 0 Å². The second-order valence-electron chi connectivity index (χ2n) is 7.35. The summed E-state index contributed by atoms with van der Waals surface area (Å²) in [6.07, 6.45) is 0.541. The predicted octanol–water partition coefficient (Wildman–Crippen LogP) is 2.72. The first kappa shape index (κ1) is 20.6. The SMILES string of the molecule is CCN(C(=O)CN(Cc1ccccc1)Cc1ccccc1)C1CCS(=O)(=O)C1. The summed E-state index contributed by atoms with van der Waals surface area (Å²) in [6, 6.07) is 20.0. The van der Waals surface area contributed by atoms with Crippen LogP contribution in [-0.2, 0) is 27.7 Å². The van der Waals surface area contributed by atoms with Crippen molar-refractivity contribution in [2.24, 2.45) is 0 Å². The molecule has 1 amide bonds. The van der Waals surface area contributed by atoms with Crippen molar-refractivity contribution in [1.82, 2.24) is 9.80 Å². The first-order chi connectivity index (χ1) is 13.5. The molecule has 0 aromatic heterocycles. The zero-order valence-electron chi connectivity index (χ0n) is 16.3. The van der Waals surface area contributed by atoms with Gasteiger partial charge in [-0.3, -0.25) is 9.69 Å². The predicted molar refractivity (Wildman–Crippen MR) is 111 cm³/mol. The maximum atomic E-state index is 13.1. The van der Waals surface area contributed by atoms with Crippen LogP contribution in [0.2, 0.25) is 0 Å². The maximum absolute atomic E-state index is 13.1. The van der Waals surface area contributed by atoms with Crippen molar-refractivity contribution in [3.8, 4) is 0 Å². The molecule has 0 spiro atoms. The van der Waals surface area contributed by atoms with E-state index in [2.05, 4.69) is 29.2 Å². The molecule has 1 unspecified atom stereocenters.